The molecule has 0 bridgehead atoms. The molecule has 1 fully saturated rings. The van der Waals surface area contributed by atoms with Crippen molar-refractivity contribution in [3.63, 3.8) is 0 Å². The molecule has 2 rings (SSSR count). The number of benzene rings is 1. The van der Waals surface area contributed by atoms with E-state index in [4.69, 9.17) is 0 Å². The highest BCUT2D eigenvalue weighted by Gasteiger charge is 2.08. The zero-order valence-corrected chi connectivity index (χ0v) is 18.8. The van der Waals surface area contributed by atoms with E-state index in [0.29, 0.717) is 13.1 Å². The molecule has 0 spiro atoms. The molecule has 8 heteroatoms. The molecule has 28 heavy (non-hydrogen) atoms. The summed E-state index contributed by atoms with van der Waals surface area (Å²) < 4.78 is 0. The van der Waals surface area contributed by atoms with Gasteiger partial charge in [-0.3, -0.25) is 10.1 Å². The van der Waals surface area contributed by atoms with E-state index in [0.717, 1.165) is 31.0 Å². The van der Waals surface area contributed by atoms with Crippen molar-refractivity contribution >= 4 is 35.6 Å². The maximum absolute atomic E-state index is 10.7. The molecule has 0 atom stereocenters. The Morgan fingerprint density at radius 2 is 1.86 bits per heavy atom. The number of aliphatic imine (C=N–C) groups is 1. The fourth-order valence-corrected chi connectivity index (χ4v) is 3.11. The van der Waals surface area contributed by atoms with Crippen molar-refractivity contribution in [2.24, 2.45) is 4.99 Å². The van der Waals surface area contributed by atoms with Gasteiger partial charge in [0, 0.05) is 25.2 Å². The highest BCUT2D eigenvalue weighted by atomic mass is 127. The van der Waals surface area contributed by atoms with Gasteiger partial charge in [0.15, 0.2) is 5.96 Å². The standard InChI is InChI=1S/C20H31N5O2.HI/c1-2-12-21-20(22-13-7-16-24-14-5-3-4-6-15-24)23-17-18-8-10-19(11-9-18)25(26)27;/h2,8-11H,1,3-7,12-17H2,(H2,21,22,23);1H. The van der Waals surface area contributed by atoms with E-state index in [2.05, 4.69) is 27.1 Å². The van der Waals surface area contributed by atoms with Crippen molar-refractivity contribution in [1.29, 1.82) is 0 Å². The fourth-order valence-electron chi connectivity index (χ4n) is 3.11. The van der Waals surface area contributed by atoms with Crippen molar-refractivity contribution in [2.45, 2.75) is 38.6 Å². The molecule has 0 saturated carbocycles. The number of hydrogen-bond donors (Lipinski definition) is 2. The van der Waals surface area contributed by atoms with Crippen LogP contribution in [0.15, 0.2) is 41.9 Å². The number of halogens is 1. The molecule has 0 aliphatic carbocycles. The van der Waals surface area contributed by atoms with Crippen LogP contribution in [0.3, 0.4) is 0 Å². The van der Waals surface area contributed by atoms with Crippen LogP contribution >= 0.6 is 24.0 Å². The summed E-state index contributed by atoms with van der Waals surface area (Å²) in [5.74, 6) is 0.740. The number of guanidine groups is 1. The highest BCUT2D eigenvalue weighted by Crippen LogP contribution is 2.12. The summed E-state index contributed by atoms with van der Waals surface area (Å²) >= 11 is 0. The number of nitrogens with zero attached hydrogens (tertiary/aromatic N) is 3. The number of rotatable bonds is 9. The van der Waals surface area contributed by atoms with E-state index in [-0.39, 0.29) is 29.7 Å². The molecular formula is C20H32IN5O2. The average Bonchev–Trinajstić information content (AvgIpc) is 2.95. The molecule has 0 amide bonds. The van der Waals surface area contributed by atoms with E-state index < -0.39 is 4.92 Å². The second kappa shape index (κ2) is 14.3. The molecule has 0 radical (unpaired) electrons. The molecule has 2 N–H and O–H groups in total. The van der Waals surface area contributed by atoms with Gasteiger partial charge in [0.25, 0.3) is 5.69 Å². The first-order chi connectivity index (χ1) is 13.2. The Labute approximate surface area is 184 Å². The number of hydrogen-bond acceptors (Lipinski definition) is 4. The summed E-state index contributed by atoms with van der Waals surface area (Å²) in [4.78, 5) is 17.5. The monoisotopic (exact) mass is 501 g/mol. The van der Waals surface area contributed by atoms with Crippen LogP contribution in [0.25, 0.3) is 0 Å². The number of nitrogens with one attached hydrogen (secondary N) is 2. The Morgan fingerprint density at radius 1 is 1.18 bits per heavy atom. The molecule has 7 nitrogen and oxygen atoms in total. The van der Waals surface area contributed by atoms with Crippen LogP contribution in [0.2, 0.25) is 0 Å². The Kier molecular flexibility index (Phi) is 12.5. The van der Waals surface area contributed by atoms with Crippen LogP contribution in [0.4, 0.5) is 5.69 Å². The minimum Gasteiger partial charge on any atom is -0.356 e. The Hall–Kier alpha value is -1.68. The smallest absolute Gasteiger partial charge is 0.269 e. The molecule has 1 aliphatic heterocycles. The van der Waals surface area contributed by atoms with Crippen LogP contribution in [0.5, 0.6) is 0 Å². The summed E-state index contributed by atoms with van der Waals surface area (Å²) in [5, 5.41) is 17.3. The second-order valence-corrected chi connectivity index (χ2v) is 6.79. The van der Waals surface area contributed by atoms with Gasteiger partial charge in [0.1, 0.15) is 0 Å². The van der Waals surface area contributed by atoms with Crippen molar-refractivity contribution < 1.29 is 4.92 Å². The summed E-state index contributed by atoms with van der Waals surface area (Å²) in [7, 11) is 0. The largest absolute Gasteiger partial charge is 0.356 e. The lowest BCUT2D eigenvalue weighted by molar-refractivity contribution is -0.384. The molecule has 156 valence electrons. The van der Waals surface area contributed by atoms with E-state index >= 15 is 0 Å². The van der Waals surface area contributed by atoms with Gasteiger partial charge < -0.3 is 15.5 Å². The summed E-state index contributed by atoms with van der Waals surface area (Å²) in [6.07, 6.45) is 8.22. The first-order valence-electron chi connectivity index (χ1n) is 9.78. The lowest BCUT2D eigenvalue weighted by Gasteiger charge is -2.20. The zero-order chi connectivity index (χ0) is 19.3. The van der Waals surface area contributed by atoms with Crippen LogP contribution in [0, 0.1) is 10.1 Å². The van der Waals surface area contributed by atoms with Crippen molar-refractivity contribution in [3.8, 4) is 0 Å². The minimum absolute atomic E-state index is 0. The van der Waals surface area contributed by atoms with Gasteiger partial charge in [-0.15, -0.1) is 30.6 Å². The lowest BCUT2D eigenvalue weighted by atomic mass is 10.2. The SMILES string of the molecule is C=CCNC(=NCc1ccc([N+](=O)[O-])cc1)NCCCN1CCCCCC1.I. The Balaban J connectivity index is 0.00000392. The van der Waals surface area contributed by atoms with Gasteiger partial charge in [-0.1, -0.05) is 31.1 Å². The second-order valence-electron chi connectivity index (χ2n) is 6.79. The maximum Gasteiger partial charge on any atom is 0.269 e. The van der Waals surface area contributed by atoms with Gasteiger partial charge >= 0.3 is 0 Å². The molecular weight excluding hydrogens is 469 g/mol. The molecule has 1 saturated heterocycles. The number of nitro groups is 1. The molecule has 0 aromatic heterocycles. The molecule has 1 heterocycles. The Bertz CT molecular complexity index is 614. The average molecular weight is 501 g/mol. The summed E-state index contributed by atoms with van der Waals surface area (Å²) in [6, 6.07) is 6.50. The zero-order valence-electron chi connectivity index (χ0n) is 16.4. The van der Waals surface area contributed by atoms with E-state index in [1.807, 2.05) is 0 Å². The summed E-state index contributed by atoms with van der Waals surface area (Å²) in [5.41, 5.74) is 1.03. The molecule has 0 unspecified atom stereocenters. The highest BCUT2D eigenvalue weighted by molar-refractivity contribution is 14.0. The topological polar surface area (TPSA) is 82.8 Å². The van der Waals surface area contributed by atoms with Crippen molar-refractivity contribution in [3.05, 3.63) is 52.6 Å². The van der Waals surface area contributed by atoms with Gasteiger partial charge in [0.05, 0.1) is 11.5 Å². The fraction of sp³-hybridized carbons (Fsp3) is 0.550. The van der Waals surface area contributed by atoms with Crippen LogP contribution in [-0.4, -0.2) is 48.5 Å². The van der Waals surface area contributed by atoms with Gasteiger partial charge in [-0.25, -0.2) is 4.99 Å². The number of likely N-dealkylation sites (tertiary alicyclic amines) is 1. The predicted molar refractivity (Wildman–Crippen MR) is 125 cm³/mol. The van der Waals surface area contributed by atoms with Crippen molar-refractivity contribution in [1.82, 2.24) is 15.5 Å². The third-order valence-corrected chi connectivity index (χ3v) is 4.62. The van der Waals surface area contributed by atoms with E-state index in [1.54, 1.807) is 18.2 Å². The number of non-ortho nitro benzene ring substituents is 1. The summed E-state index contributed by atoms with van der Waals surface area (Å²) in [6.45, 7) is 9.25. The van der Waals surface area contributed by atoms with Gasteiger partial charge in [-0.2, -0.15) is 0 Å². The Morgan fingerprint density at radius 3 is 2.46 bits per heavy atom. The maximum atomic E-state index is 10.7. The number of nitro benzene ring substituents is 1. The molecule has 1 aromatic carbocycles. The quantitative estimate of drug-likeness (QED) is 0.103. The van der Waals surface area contributed by atoms with Crippen LogP contribution in [0.1, 0.15) is 37.7 Å². The van der Waals surface area contributed by atoms with E-state index in [1.165, 1.54) is 50.9 Å². The molecule has 1 aromatic rings. The first kappa shape index (κ1) is 24.4. The lowest BCUT2D eigenvalue weighted by Crippen LogP contribution is -2.39. The van der Waals surface area contributed by atoms with Gasteiger partial charge in [0.2, 0.25) is 0 Å². The van der Waals surface area contributed by atoms with Crippen LogP contribution in [-0.2, 0) is 6.54 Å². The third-order valence-electron chi connectivity index (χ3n) is 4.62. The molecule has 1 aliphatic rings. The first-order valence-corrected chi connectivity index (χ1v) is 9.78. The van der Waals surface area contributed by atoms with Gasteiger partial charge in [-0.05, 0) is 44.5 Å². The normalized spacial score (nSPS) is 15.2. The minimum atomic E-state index is -0.393. The van der Waals surface area contributed by atoms with E-state index in [9.17, 15) is 10.1 Å². The van der Waals surface area contributed by atoms with Crippen LogP contribution < -0.4 is 10.6 Å². The third kappa shape index (κ3) is 9.50. The predicted octanol–water partition coefficient (Wildman–Crippen LogP) is 3.70. The van der Waals surface area contributed by atoms with Crippen molar-refractivity contribution in [2.75, 3.05) is 32.7 Å².